The van der Waals surface area contributed by atoms with Crippen LogP contribution in [0.25, 0.3) is 0 Å². The summed E-state index contributed by atoms with van der Waals surface area (Å²) in [4.78, 5) is 16.4. The number of carbonyl (C=O) groups is 1. The van der Waals surface area contributed by atoms with E-state index in [1.807, 2.05) is 5.38 Å². The van der Waals surface area contributed by atoms with Crippen LogP contribution in [0.15, 0.2) is 11.6 Å². The van der Waals surface area contributed by atoms with Crippen LogP contribution in [0, 0.1) is 5.92 Å². The van der Waals surface area contributed by atoms with E-state index in [0.29, 0.717) is 0 Å². The third-order valence-corrected chi connectivity index (χ3v) is 4.03. The van der Waals surface area contributed by atoms with Crippen LogP contribution in [-0.4, -0.2) is 24.0 Å². The Balaban J connectivity index is 0.00000162. The van der Waals surface area contributed by atoms with Gasteiger partial charge in [-0.05, 0) is 25.8 Å². The first-order chi connectivity index (χ1) is 8.31. The van der Waals surface area contributed by atoms with E-state index in [1.165, 1.54) is 0 Å². The molecule has 1 aliphatic rings. The maximum Gasteiger partial charge on any atom is 0.224 e. The molecule has 4 nitrogen and oxygen atoms in total. The van der Waals surface area contributed by atoms with Gasteiger partial charge in [-0.25, -0.2) is 4.98 Å². The van der Waals surface area contributed by atoms with Gasteiger partial charge in [0.1, 0.15) is 5.01 Å². The Morgan fingerprint density at radius 3 is 2.95 bits per heavy atom. The zero-order valence-electron chi connectivity index (χ0n) is 10.9. The Labute approximate surface area is 130 Å². The predicted octanol–water partition coefficient (Wildman–Crippen LogP) is 2.55. The molecule has 1 aromatic heterocycles. The number of piperidine rings is 1. The molecule has 1 fully saturated rings. The van der Waals surface area contributed by atoms with Gasteiger partial charge in [0.2, 0.25) is 5.91 Å². The van der Waals surface area contributed by atoms with Gasteiger partial charge in [0, 0.05) is 18.1 Å². The smallest absolute Gasteiger partial charge is 0.224 e. The van der Waals surface area contributed by atoms with Crippen molar-refractivity contribution in [2.75, 3.05) is 13.1 Å². The fourth-order valence-electron chi connectivity index (χ4n) is 2.11. The number of amides is 1. The van der Waals surface area contributed by atoms with Crippen molar-refractivity contribution in [2.45, 2.75) is 32.2 Å². The van der Waals surface area contributed by atoms with Gasteiger partial charge in [-0.15, -0.1) is 36.2 Å². The first-order valence-corrected chi connectivity index (χ1v) is 7.09. The van der Waals surface area contributed by atoms with Crippen molar-refractivity contribution in [3.05, 3.63) is 16.6 Å². The summed E-state index contributed by atoms with van der Waals surface area (Å²) in [6.45, 7) is 3.92. The van der Waals surface area contributed by atoms with Gasteiger partial charge in [-0.2, -0.15) is 0 Å². The molecular weight excluding hydrogens is 305 g/mol. The van der Waals surface area contributed by atoms with Crippen LogP contribution in [0.3, 0.4) is 0 Å². The van der Waals surface area contributed by atoms with Gasteiger partial charge >= 0.3 is 0 Å². The zero-order chi connectivity index (χ0) is 12.1. The average Bonchev–Trinajstić information content (AvgIpc) is 2.90. The van der Waals surface area contributed by atoms with E-state index in [9.17, 15) is 4.79 Å². The number of nitrogens with one attached hydrogen (secondary N) is 2. The average molecular weight is 326 g/mol. The molecule has 1 unspecified atom stereocenters. The number of nitrogens with zero attached hydrogens (tertiary/aromatic N) is 1. The molecule has 0 radical (unpaired) electrons. The summed E-state index contributed by atoms with van der Waals surface area (Å²) in [5.41, 5.74) is 0. The standard InChI is InChI=1S/C12H19N3OS.2ClH/c1-2-10(12-14-6-7-17-12)15-11(16)9-4-3-5-13-8-9;;/h6-7,9-10,13H,2-5,8H2,1H3,(H,15,16);2*1H/t9-,10?;;/m1../s1. The Morgan fingerprint density at radius 1 is 1.63 bits per heavy atom. The first kappa shape index (κ1) is 18.6. The summed E-state index contributed by atoms with van der Waals surface area (Å²) in [6, 6.07) is 0.0735. The molecule has 1 aliphatic heterocycles. The molecule has 0 bridgehead atoms. The minimum Gasteiger partial charge on any atom is -0.347 e. The molecule has 2 rings (SSSR count). The van der Waals surface area contributed by atoms with Gasteiger partial charge < -0.3 is 10.6 Å². The summed E-state index contributed by atoms with van der Waals surface area (Å²) in [5, 5.41) is 9.33. The molecule has 2 heterocycles. The highest BCUT2D eigenvalue weighted by Crippen LogP contribution is 2.20. The van der Waals surface area contributed by atoms with Crippen molar-refractivity contribution in [3.63, 3.8) is 0 Å². The molecule has 0 saturated carbocycles. The maximum atomic E-state index is 12.1. The van der Waals surface area contributed by atoms with E-state index in [1.54, 1.807) is 17.5 Å². The van der Waals surface area contributed by atoms with Gasteiger partial charge in [0.15, 0.2) is 0 Å². The quantitative estimate of drug-likeness (QED) is 0.894. The van der Waals surface area contributed by atoms with Crippen molar-refractivity contribution in [1.29, 1.82) is 0 Å². The second-order valence-corrected chi connectivity index (χ2v) is 5.31. The summed E-state index contributed by atoms with van der Waals surface area (Å²) in [6.07, 6.45) is 4.76. The monoisotopic (exact) mass is 325 g/mol. The molecule has 0 spiro atoms. The number of carbonyl (C=O) groups excluding carboxylic acids is 1. The summed E-state index contributed by atoms with van der Waals surface area (Å²) < 4.78 is 0. The predicted molar refractivity (Wildman–Crippen MR) is 83.4 cm³/mol. The van der Waals surface area contributed by atoms with Crippen LogP contribution in [0.4, 0.5) is 0 Å². The van der Waals surface area contributed by atoms with Crippen LogP contribution in [0.5, 0.6) is 0 Å². The summed E-state index contributed by atoms with van der Waals surface area (Å²) in [7, 11) is 0. The minimum atomic E-state index is 0. The fourth-order valence-corrected chi connectivity index (χ4v) is 2.88. The SMILES string of the molecule is CCC(NC(=O)[C@@H]1CCCNC1)c1nccs1.Cl.Cl. The topological polar surface area (TPSA) is 54.0 Å². The second kappa shape index (κ2) is 9.53. The Hall–Kier alpha value is -0.360. The summed E-state index contributed by atoms with van der Waals surface area (Å²) >= 11 is 1.60. The largest absolute Gasteiger partial charge is 0.347 e. The van der Waals surface area contributed by atoms with E-state index in [-0.39, 0.29) is 42.7 Å². The van der Waals surface area contributed by atoms with Crippen molar-refractivity contribution >= 4 is 42.1 Å². The first-order valence-electron chi connectivity index (χ1n) is 6.21. The van der Waals surface area contributed by atoms with Crippen LogP contribution in [0.2, 0.25) is 0 Å². The number of rotatable bonds is 4. The molecule has 7 heteroatoms. The lowest BCUT2D eigenvalue weighted by molar-refractivity contribution is -0.126. The number of halogens is 2. The fraction of sp³-hybridized carbons (Fsp3) is 0.667. The van der Waals surface area contributed by atoms with E-state index in [4.69, 9.17) is 0 Å². The molecule has 2 atom stereocenters. The van der Waals surface area contributed by atoms with Gasteiger partial charge in [0.25, 0.3) is 0 Å². The highest BCUT2D eigenvalue weighted by atomic mass is 35.5. The number of thiazole rings is 1. The molecule has 1 aromatic rings. The van der Waals surface area contributed by atoms with Crippen molar-refractivity contribution < 1.29 is 4.79 Å². The third-order valence-electron chi connectivity index (χ3n) is 3.14. The third kappa shape index (κ3) is 5.26. The lowest BCUT2D eigenvalue weighted by Gasteiger charge is -2.24. The number of aromatic nitrogens is 1. The summed E-state index contributed by atoms with van der Waals surface area (Å²) in [5.74, 6) is 0.289. The van der Waals surface area contributed by atoms with Crippen LogP contribution < -0.4 is 10.6 Å². The van der Waals surface area contributed by atoms with Crippen molar-refractivity contribution in [3.8, 4) is 0 Å². The van der Waals surface area contributed by atoms with E-state index < -0.39 is 0 Å². The van der Waals surface area contributed by atoms with Crippen LogP contribution in [-0.2, 0) is 4.79 Å². The van der Waals surface area contributed by atoms with E-state index in [2.05, 4.69) is 22.5 Å². The molecule has 2 N–H and O–H groups in total. The molecule has 0 aromatic carbocycles. The second-order valence-electron chi connectivity index (χ2n) is 4.38. The highest BCUT2D eigenvalue weighted by Gasteiger charge is 2.23. The van der Waals surface area contributed by atoms with Crippen molar-refractivity contribution in [2.24, 2.45) is 5.92 Å². The normalized spacial score (nSPS) is 19.7. The molecule has 0 aliphatic carbocycles. The van der Waals surface area contributed by atoms with E-state index >= 15 is 0 Å². The van der Waals surface area contributed by atoms with E-state index in [0.717, 1.165) is 37.4 Å². The number of hydrogen-bond donors (Lipinski definition) is 2. The molecule has 1 saturated heterocycles. The Morgan fingerprint density at radius 2 is 2.42 bits per heavy atom. The number of hydrogen-bond acceptors (Lipinski definition) is 4. The molecule has 1 amide bonds. The Bertz CT molecular complexity index is 356. The zero-order valence-corrected chi connectivity index (χ0v) is 13.4. The van der Waals surface area contributed by atoms with Crippen molar-refractivity contribution in [1.82, 2.24) is 15.6 Å². The van der Waals surface area contributed by atoms with Gasteiger partial charge in [-0.3, -0.25) is 4.79 Å². The molecular formula is C12H21Cl2N3OS. The Kier molecular flexibility index (Phi) is 9.35. The van der Waals surface area contributed by atoms with Gasteiger partial charge in [0.05, 0.1) is 12.0 Å². The minimum absolute atomic E-state index is 0. The molecule has 110 valence electrons. The van der Waals surface area contributed by atoms with Gasteiger partial charge in [-0.1, -0.05) is 6.92 Å². The van der Waals surface area contributed by atoms with Crippen LogP contribution in [0.1, 0.15) is 37.2 Å². The molecule has 19 heavy (non-hydrogen) atoms. The highest BCUT2D eigenvalue weighted by molar-refractivity contribution is 7.09. The maximum absolute atomic E-state index is 12.1. The lowest BCUT2D eigenvalue weighted by Crippen LogP contribution is -2.41. The van der Waals surface area contributed by atoms with Crippen LogP contribution >= 0.6 is 36.2 Å². The lowest BCUT2D eigenvalue weighted by atomic mass is 9.98.